The van der Waals surface area contributed by atoms with Crippen molar-refractivity contribution in [1.82, 2.24) is 19.5 Å². The molecule has 1 aromatic carbocycles. The van der Waals surface area contributed by atoms with Gasteiger partial charge in [-0.1, -0.05) is 18.2 Å². The van der Waals surface area contributed by atoms with Gasteiger partial charge in [0.15, 0.2) is 22.8 Å². The lowest BCUT2D eigenvalue weighted by Gasteiger charge is -2.36. The van der Waals surface area contributed by atoms with Crippen molar-refractivity contribution < 1.29 is 19.0 Å². The molecule has 2 saturated heterocycles. The van der Waals surface area contributed by atoms with Crippen LogP contribution in [0.5, 0.6) is 0 Å². The zero-order chi connectivity index (χ0) is 20.0. The van der Waals surface area contributed by atoms with E-state index in [2.05, 4.69) is 20.3 Å². The van der Waals surface area contributed by atoms with Crippen molar-refractivity contribution in [2.75, 3.05) is 11.9 Å². The van der Waals surface area contributed by atoms with Gasteiger partial charge in [0, 0.05) is 12.0 Å². The number of hydrogen-bond acceptors (Lipinski definition) is 7. The van der Waals surface area contributed by atoms with Gasteiger partial charge in [-0.05, 0) is 26.0 Å². The highest BCUT2D eigenvalue weighted by molar-refractivity contribution is 6.06. The van der Waals surface area contributed by atoms with Crippen molar-refractivity contribution in [3.63, 3.8) is 0 Å². The van der Waals surface area contributed by atoms with Crippen LogP contribution in [0.1, 0.15) is 36.9 Å². The number of rotatable bonds is 3. The van der Waals surface area contributed by atoms with Gasteiger partial charge in [-0.15, -0.1) is 0 Å². The smallest absolute Gasteiger partial charge is 0.256 e. The van der Waals surface area contributed by atoms with Crippen LogP contribution in [-0.2, 0) is 14.2 Å². The summed E-state index contributed by atoms with van der Waals surface area (Å²) in [6, 6.07) is 8.96. The summed E-state index contributed by atoms with van der Waals surface area (Å²) in [5, 5.41) is 2.81. The largest absolute Gasteiger partial charge is 0.349 e. The number of carbonyl (C=O) groups excluding carboxylic acids is 1. The van der Waals surface area contributed by atoms with E-state index in [1.807, 2.05) is 36.6 Å². The minimum Gasteiger partial charge on any atom is -0.349 e. The normalized spacial score (nSPS) is 25.7. The summed E-state index contributed by atoms with van der Waals surface area (Å²) in [6.07, 6.45) is 3.26. The molecule has 9 heteroatoms. The molecular formula is C20H21N5O4. The fourth-order valence-corrected chi connectivity index (χ4v) is 3.75. The predicted octanol–water partition coefficient (Wildman–Crippen LogP) is 2.52. The van der Waals surface area contributed by atoms with Crippen LogP contribution in [0.25, 0.3) is 11.2 Å². The molecule has 2 aliphatic heterocycles. The van der Waals surface area contributed by atoms with E-state index in [1.165, 1.54) is 6.33 Å². The van der Waals surface area contributed by atoms with Gasteiger partial charge in [-0.2, -0.15) is 0 Å². The summed E-state index contributed by atoms with van der Waals surface area (Å²) >= 11 is 0. The van der Waals surface area contributed by atoms with Gasteiger partial charge in [0.05, 0.1) is 19.0 Å². The molecule has 0 bridgehead atoms. The molecule has 2 aromatic heterocycles. The molecule has 29 heavy (non-hydrogen) atoms. The van der Waals surface area contributed by atoms with Crippen LogP contribution in [0, 0.1) is 0 Å². The minimum absolute atomic E-state index is 0.0553. The van der Waals surface area contributed by atoms with Gasteiger partial charge in [-0.25, -0.2) is 15.0 Å². The summed E-state index contributed by atoms with van der Waals surface area (Å²) in [6.45, 7) is 4.28. The summed E-state index contributed by atoms with van der Waals surface area (Å²) in [5.74, 6) is -0.511. The zero-order valence-corrected chi connectivity index (χ0v) is 16.1. The molecule has 0 spiro atoms. The van der Waals surface area contributed by atoms with Crippen molar-refractivity contribution in [2.24, 2.45) is 0 Å². The molecule has 5 rings (SSSR count). The molecule has 3 atom stereocenters. The summed E-state index contributed by atoms with van der Waals surface area (Å²) in [7, 11) is 0. The second-order valence-electron chi connectivity index (χ2n) is 7.60. The van der Waals surface area contributed by atoms with Crippen molar-refractivity contribution in [2.45, 2.75) is 44.5 Å². The maximum atomic E-state index is 12.5. The van der Waals surface area contributed by atoms with E-state index in [4.69, 9.17) is 14.2 Å². The first-order valence-corrected chi connectivity index (χ1v) is 9.51. The number of imidazole rings is 1. The monoisotopic (exact) mass is 395 g/mol. The van der Waals surface area contributed by atoms with Crippen LogP contribution in [-0.4, -0.2) is 50.0 Å². The second-order valence-corrected chi connectivity index (χ2v) is 7.60. The molecule has 2 aliphatic rings. The Morgan fingerprint density at radius 3 is 2.83 bits per heavy atom. The number of hydrogen-bond donors (Lipinski definition) is 1. The van der Waals surface area contributed by atoms with Gasteiger partial charge < -0.3 is 19.5 Å². The van der Waals surface area contributed by atoms with Gasteiger partial charge in [0.1, 0.15) is 18.7 Å². The molecule has 0 unspecified atom stereocenters. The van der Waals surface area contributed by atoms with Crippen LogP contribution >= 0.6 is 0 Å². The number of amides is 1. The van der Waals surface area contributed by atoms with Gasteiger partial charge in [0.2, 0.25) is 0 Å². The van der Waals surface area contributed by atoms with E-state index in [0.29, 0.717) is 35.6 Å². The number of fused-ring (bicyclic) bond motifs is 2. The Labute approximate surface area is 167 Å². The lowest BCUT2D eigenvalue weighted by Crippen LogP contribution is -2.46. The molecule has 4 heterocycles. The number of nitrogens with one attached hydrogen (secondary N) is 1. The first-order valence-electron chi connectivity index (χ1n) is 9.51. The average molecular weight is 395 g/mol. The third-order valence-corrected chi connectivity index (χ3v) is 5.15. The highest BCUT2D eigenvalue weighted by Gasteiger charge is 2.45. The molecule has 3 aromatic rings. The Hall–Kier alpha value is -2.88. The quantitative estimate of drug-likeness (QED) is 0.727. The molecule has 0 aliphatic carbocycles. The molecule has 1 N–H and O–H groups in total. The minimum atomic E-state index is -0.618. The van der Waals surface area contributed by atoms with Gasteiger partial charge in [-0.3, -0.25) is 9.36 Å². The second kappa shape index (κ2) is 6.87. The molecule has 0 radical (unpaired) electrons. The first kappa shape index (κ1) is 18.2. The Bertz CT molecular complexity index is 1050. The van der Waals surface area contributed by atoms with E-state index in [9.17, 15) is 4.79 Å². The number of anilines is 1. The number of benzene rings is 1. The molecular weight excluding hydrogens is 374 g/mol. The Balaban J connectivity index is 1.40. The number of nitrogens with zero attached hydrogens (tertiary/aromatic N) is 4. The molecule has 9 nitrogen and oxygen atoms in total. The van der Waals surface area contributed by atoms with Crippen LogP contribution in [0.15, 0.2) is 43.0 Å². The first-order chi connectivity index (χ1) is 14.0. The standard InChI is InChI=1S/C20H21N5O4/c1-20(2)27-9-14-13(29-20)8-15(28-14)25-11-23-16-17(21-10-22-18(16)25)24-19(26)12-6-4-3-5-7-12/h3-7,10-11,13-15H,8-9H2,1-2H3,(H,21,22,24,26)/t13-,14-,15+/m1/s1. The fraction of sp³-hybridized carbons (Fsp3) is 0.400. The highest BCUT2D eigenvalue weighted by atomic mass is 16.7. The third kappa shape index (κ3) is 3.37. The maximum absolute atomic E-state index is 12.5. The van der Waals surface area contributed by atoms with E-state index in [0.717, 1.165) is 0 Å². The molecule has 0 saturated carbocycles. The summed E-state index contributed by atoms with van der Waals surface area (Å²) in [4.78, 5) is 25.5. The molecule has 1 amide bonds. The van der Waals surface area contributed by atoms with Crippen LogP contribution in [0.2, 0.25) is 0 Å². The van der Waals surface area contributed by atoms with Crippen molar-refractivity contribution in [3.05, 3.63) is 48.5 Å². The maximum Gasteiger partial charge on any atom is 0.256 e. The fourth-order valence-electron chi connectivity index (χ4n) is 3.75. The van der Waals surface area contributed by atoms with Crippen molar-refractivity contribution in [1.29, 1.82) is 0 Å². The lowest BCUT2D eigenvalue weighted by molar-refractivity contribution is -0.293. The van der Waals surface area contributed by atoms with E-state index in [1.54, 1.807) is 18.5 Å². The van der Waals surface area contributed by atoms with E-state index in [-0.39, 0.29) is 24.3 Å². The molecule has 150 valence electrons. The summed E-state index contributed by atoms with van der Waals surface area (Å²) < 4.78 is 19.7. The topological polar surface area (TPSA) is 100 Å². The van der Waals surface area contributed by atoms with Crippen molar-refractivity contribution >= 4 is 22.9 Å². The molecule has 2 fully saturated rings. The van der Waals surface area contributed by atoms with E-state index >= 15 is 0 Å². The van der Waals surface area contributed by atoms with E-state index < -0.39 is 5.79 Å². The number of ether oxygens (including phenoxy) is 3. The Kier molecular flexibility index (Phi) is 4.30. The number of carbonyl (C=O) groups is 1. The van der Waals surface area contributed by atoms with Crippen LogP contribution in [0.3, 0.4) is 0 Å². The van der Waals surface area contributed by atoms with Crippen LogP contribution in [0.4, 0.5) is 5.82 Å². The highest BCUT2D eigenvalue weighted by Crippen LogP contribution is 2.38. The number of aromatic nitrogens is 4. The third-order valence-electron chi connectivity index (χ3n) is 5.15. The van der Waals surface area contributed by atoms with Crippen LogP contribution < -0.4 is 5.32 Å². The SMILES string of the molecule is CC1(C)OC[C@H]2O[C@H](n3cnc4c(NC(=O)c5ccccc5)ncnc43)C[C@H]2O1. The Morgan fingerprint density at radius 1 is 1.17 bits per heavy atom. The average Bonchev–Trinajstić information content (AvgIpc) is 3.32. The predicted molar refractivity (Wildman–Crippen MR) is 103 cm³/mol. The lowest BCUT2D eigenvalue weighted by atomic mass is 10.1. The van der Waals surface area contributed by atoms with Gasteiger partial charge >= 0.3 is 0 Å². The Morgan fingerprint density at radius 2 is 2.00 bits per heavy atom. The zero-order valence-electron chi connectivity index (χ0n) is 16.1. The van der Waals surface area contributed by atoms with Crippen molar-refractivity contribution in [3.8, 4) is 0 Å². The summed E-state index contributed by atoms with van der Waals surface area (Å²) in [5.41, 5.74) is 1.64. The van der Waals surface area contributed by atoms with Gasteiger partial charge in [0.25, 0.3) is 5.91 Å².